The van der Waals surface area contributed by atoms with Crippen molar-refractivity contribution in [2.75, 3.05) is 11.5 Å². The summed E-state index contributed by atoms with van der Waals surface area (Å²) in [6, 6.07) is -1.78. The first-order valence-corrected chi connectivity index (χ1v) is 7.35. The van der Waals surface area contributed by atoms with E-state index in [0.29, 0.717) is 0 Å². The topological polar surface area (TPSA) is 130 Å². The molecular formula is C10H18N2O6S. The molecule has 2 amide bonds. The van der Waals surface area contributed by atoms with Crippen molar-refractivity contribution in [3.63, 3.8) is 0 Å². The molecule has 3 N–H and O–H groups in total. The second kappa shape index (κ2) is 7.07. The summed E-state index contributed by atoms with van der Waals surface area (Å²) in [5.74, 6) is -4.47. The molecule has 0 heterocycles. The van der Waals surface area contributed by atoms with Crippen LogP contribution in [0.1, 0.15) is 20.8 Å². The maximum atomic E-state index is 11.6. The molecule has 0 aliphatic rings. The van der Waals surface area contributed by atoms with Crippen molar-refractivity contribution in [3.8, 4) is 0 Å². The van der Waals surface area contributed by atoms with Gasteiger partial charge in [0.2, 0.25) is 11.8 Å². The molecule has 0 spiro atoms. The van der Waals surface area contributed by atoms with Gasteiger partial charge in [-0.1, -0.05) is 0 Å². The summed E-state index contributed by atoms with van der Waals surface area (Å²) >= 11 is 0. The van der Waals surface area contributed by atoms with Gasteiger partial charge in [0, 0.05) is 13.0 Å². The predicted octanol–water partition coefficient (Wildman–Crippen LogP) is -1.48. The zero-order valence-electron chi connectivity index (χ0n) is 11.0. The number of aliphatic carboxylic acids is 1. The molecule has 8 nitrogen and oxygen atoms in total. The van der Waals surface area contributed by atoms with Crippen LogP contribution in [0.15, 0.2) is 0 Å². The molecule has 0 saturated carbocycles. The summed E-state index contributed by atoms with van der Waals surface area (Å²) in [6.07, 6.45) is 0. The lowest BCUT2D eigenvalue weighted by molar-refractivity contribution is -0.140. The van der Waals surface area contributed by atoms with Crippen molar-refractivity contribution >= 4 is 27.6 Å². The van der Waals surface area contributed by atoms with Crippen LogP contribution >= 0.6 is 0 Å². The molecule has 0 aliphatic heterocycles. The van der Waals surface area contributed by atoms with Crippen molar-refractivity contribution in [1.82, 2.24) is 10.6 Å². The Morgan fingerprint density at radius 1 is 1.16 bits per heavy atom. The van der Waals surface area contributed by atoms with Crippen LogP contribution in [0.3, 0.4) is 0 Å². The minimum Gasteiger partial charge on any atom is -0.480 e. The predicted molar refractivity (Wildman–Crippen MR) is 67.2 cm³/mol. The monoisotopic (exact) mass is 294 g/mol. The fourth-order valence-electron chi connectivity index (χ4n) is 1.30. The Balaban J connectivity index is 4.68. The number of hydrogen-bond acceptors (Lipinski definition) is 5. The van der Waals surface area contributed by atoms with E-state index in [4.69, 9.17) is 5.11 Å². The Bertz CT molecular complexity index is 457. The van der Waals surface area contributed by atoms with Crippen molar-refractivity contribution in [3.05, 3.63) is 0 Å². The smallest absolute Gasteiger partial charge is 0.327 e. The highest BCUT2D eigenvalue weighted by molar-refractivity contribution is 7.92. The third-order valence-electron chi connectivity index (χ3n) is 1.90. The van der Waals surface area contributed by atoms with Gasteiger partial charge in [-0.3, -0.25) is 9.59 Å². The fourth-order valence-corrected chi connectivity index (χ4v) is 2.63. The first-order valence-electron chi connectivity index (χ1n) is 5.53. The highest BCUT2D eigenvalue weighted by Gasteiger charge is 2.27. The molecule has 0 aromatic rings. The standard InChI is InChI=1S/C10H18N2O6S/c1-6(2)11-9(14)5-19(17,18)4-8(10(15)16)12-7(3)13/h6,8H,4-5H2,1-3H3,(H,11,14)(H,12,13)(H,15,16)/t8-/m0/s1. The highest BCUT2D eigenvalue weighted by Crippen LogP contribution is 1.97. The van der Waals surface area contributed by atoms with Gasteiger partial charge in [0.05, 0.1) is 5.75 Å². The van der Waals surface area contributed by atoms with Gasteiger partial charge < -0.3 is 15.7 Å². The van der Waals surface area contributed by atoms with Gasteiger partial charge in [0.15, 0.2) is 9.84 Å². The molecule has 0 fully saturated rings. The Morgan fingerprint density at radius 3 is 2.05 bits per heavy atom. The zero-order chi connectivity index (χ0) is 15.2. The quantitative estimate of drug-likeness (QED) is 0.525. The van der Waals surface area contributed by atoms with E-state index in [1.54, 1.807) is 13.8 Å². The lowest BCUT2D eigenvalue weighted by Gasteiger charge is -2.14. The number of carbonyl (C=O) groups excluding carboxylic acids is 2. The molecule has 0 unspecified atom stereocenters. The second-order valence-corrected chi connectivity index (χ2v) is 6.48. The molecule has 0 radical (unpaired) electrons. The van der Waals surface area contributed by atoms with E-state index in [2.05, 4.69) is 5.32 Å². The van der Waals surface area contributed by atoms with Crippen LogP contribution in [0.25, 0.3) is 0 Å². The van der Waals surface area contributed by atoms with Crippen LogP contribution in [0.2, 0.25) is 0 Å². The first kappa shape index (κ1) is 17.4. The Kier molecular flexibility index (Phi) is 6.46. The van der Waals surface area contributed by atoms with Gasteiger partial charge in [0.1, 0.15) is 11.8 Å². The van der Waals surface area contributed by atoms with Gasteiger partial charge in [-0.15, -0.1) is 0 Å². The summed E-state index contributed by atoms with van der Waals surface area (Å²) in [4.78, 5) is 32.9. The molecule has 0 aliphatic carbocycles. The number of amides is 2. The average molecular weight is 294 g/mol. The SMILES string of the molecule is CC(=O)N[C@@H](CS(=O)(=O)CC(=O)NC(C)C)C(=O)O. The van der Waals surface area contributed by atoms with Gasteiger partial charge in [-0.25, -0.2) is 13.2 Å². The largest absolute Gasteiger partial charge is 0.480 e. The van der Waals surface area contributed by atoms with E-state index in [1.807, 2.05) is 5.32 Å². The van der Waals surface area contributed by atoms with Gasteiger partial charge in [-0.05, 0) is 13.8 Å². The fraction of sp³-hybridized carbons (Fsp3) is 0.700. The Morgan fingerprint density at radius 2 is 1.68 bits per heavy atom. The molecule has 19 heavy (non-hydrogen) atoms. The minimum atomic E-state index is -3.92. The molecule has 0 aromatic carbocycles. The number of nitrogens with one attached hydrogen (secondary N) is 2. The summed E-state index contributed by atoms with van der Waals surface area (Å²) in [5, 5.41) is 13.2. The van der Waals surface area contributed by atoms with Crippen molar-refractivity contribution in [1.29, 1.82) is 0 Å². The van der Waals surface area contributed by atoms with Gasteiger partial charge >= 0.3 is 5.97 Å². The van der Waals surface area contributed by atoms with E-state index < -0.39 is 45.2 Å². The van der Waals surface area contributed by atoms with E-state index >= 15 is 0 Å². The number of rotatable bonds is 7. The zero-order valence-corrected chi connectivity index (χ0v) is 11.8. The number of carboxylic acid groups (broad SMARTS) is 1. The molecular weight excluding hydrogens is 276 g/mol. The molecule has 110 valence electrons. The lowest BCUT2D eigenvalue weighted by atomic mass is 10.3. The van der Waals surface area contributed by atoms with Crippen molar-refractivity contribution < 1.29 is 27.9 Å². The summed E-state index contributed by atoms with van der Waals surface area (Å²) < 4.78 is 23.3. The summed E-state index contributed by atoms with van der Waals surface area (Å²) in [6.45, 7) is 4.41. The van der Waals surface area contributed by atoms with Crippen LogP contribution < -0.4 is 10.6 Å². The van der Waals surface area contributed by atoms with E-state index in [-0.39, 0.29) is 6.04 Å². The van der Waals surface area contributed by atoms with Gasteiger partial charge in [0.25, 0.3) is 0 Å². The van der Waals surface area contributed by atoms with E-state index in [0.717, 1.165) is 6.92 Å². The van der Waals surface area contributed by atoms with Crippen molar-refractivity contribution in [2.24, 2.45) is 0 Å². The minimum absolute atomic E-state index is 0.215. The van der Waals surface area contributed by atoms with Crippen LogP contribution in [0.5, 0.6) is 0 Å². The number of hydrogen-bond donors (Lipinski definition) is 3. The summed E-state index contributed by atoms with van der Waals surface area (Å²) in [7, 11) is -3.92. The maximum Gasteiger partial charge on any atom is 0.327 e. The molecule has 0 bridgehead atoms. The highest BCUT2D eigenvalue weighted by atomic mass is 32.2. The van der Waals surface area contributed by atoms with Crippen LogP contribution in [-0.4, -0.2) is 54.9 Å². The van der Waals surface area contributed by atoms with E-state index in [9.17, 15) is 22.8 Å². The molecule has 1 atom stereocenters. The van der Waals surface area contributed by atoms with Crippen molar-refractivity contribution in [2.45, 2.75) is 32.9 Å². The van der Waals surface area contributed by atoms with Gasteiger partial charge in [-0.2, -0.15) is 0 Å². The normalized spacial score (nSPS) is 12.8. The molecule has 0 rings (SSSR count). The molecule has 0 saturated heterocycles. The number of carboxylic acids is 1. The molecule has 9 heteroatoms. The molecule has 0 aromatic heterocycles. The van der Waals surface area contributed by atoms with Crippen LogP contribution in [0.4, 0.5) is 0 Å². The average Bonchev–Trinajstić information content (AvgIpc) is 2.11. The van der Waals surface area contributed by atoms with Crippen LogP contribution in [-0.2, 0) is 24.2 Å². The van der Waals surface area contributed by atoms with E-state index in [1.165, 1.54) is 0 Å². The third kappa shape index (κ3) is 8.14. The Hall–Kier alpha value is -1.64. The second-order valence-electron chi connectivity index (χ2n) is 4.37. The lowest BCUT2D eigenvalue weighted by Crippen LogP contribution is -2.46. The Labute approximate surface area is 111 Å². The first-order chi connectivity index (χ1) is 8.53. The summed E-state index contributed by atoms with van der Waals surface area (Å²) in [5.41, 5.74) is 0. The third-order valence-corrected chi connectivity index (χ3v) is 3.44. The van der Waals surface area contributed by atoms with Crippen LogP contribution in [0, 0.1) is 0 Å². The maximum absolute atomic E-state index is 11.6. The number of carbonyl (C=O) groups is 3. The number of sulfone groups is 1.